The molecule has 1 saturated carbocycles. The maximum absolute atomic E-state index is 12.8. The standard InChI is InChI=1S/C25H39N3O5S/c1-16-21(22(29)27-19-9-7-18(8-10-19)23(30)32-5)34-20(26-16)11-6-17-12-14-28(15-13-17)24(31)33-25(2,3)4/h17-19H,6-15H2,1-5H3,(H,27,29)/t18-,19-. The van der Waals surface area contributed by atoms with Gasteiger partial charge >= 0.3 is 12.1 Å². The normalized spacial score (nSPS) is 21.7. The van der Waals surface area contributed by atoms with E-state index in [9.17, 15) is 14.4 Å². The Morgan fingerprint density at radius 1 is 1.09 bits per heavy atom. The highest BCUT2D eigenvalue weighted by Gasteiger charge is 2.29. The molecule has 2 amide bonds. The number of hydrogen-bond acceptors (Lipinski definition) is 7. The van der Waals surface area contributed by atoms with Crippen molar-refractivity contribution in [3.05, 3.63) is 15.6 Å². The first kappa shape index (κ1) is 26.4. The van der Waals surface area contributed by atoms with E-state index in [1.165, 1.54) is 18.4 Å². The number of thiazole rings is 1. The van der Waals surface area contributed by atoms with Crippen molar-refractivity contribution < 1.29 is 23.9 Å². The van der Waals surface area contributed by atoms with Crippen LogP contribution in [0.5, 0.6) is 0 Å². The third kappa shape index (κ3) is 7.42. The molecule has 9 heteroatoms. The lowest BCUT2D eigenvalue weighted by Gasteiger charge is -2.33. The number of methoxy groups -OCH3 is 1. The molecule has 1 aliphatic carbocycles. The number of rotatable bonds is 6. The van der Waals surface area contributed by atoms with Gasteiger partial charge in [-0.1, -0.05) is 0 Å². The van der Waals surface area contributed by atoms with Gasteiger partial charge in [0.05, 0.1) is 23.7 Å². The molecule has 34 heavy (non-hydrogen) atoms. The summed E-state index contributed by atoms with van der Waals surface area (Å²) in [7, 11) is 1.42. The molecule has 0 spiro atoms. The number of esters is 1. The Labute approximate surface area is 206 Å². The van der Waals surface area contributed by atoms with Gasteiger partial charge in [-0.25, -0.2) is 9.78 Å². The van der Waals surface area contributed by atoms with Crippen molar-refractivity contribution in [2.75, 3.05) is 20.2 Å². The molecule has 1 saturated heterocycles. The van der Waals surface area contributed by atoms with Crippen LogP contribution in [-0.2, 0) is 20.7 Å². The minimum atomic E-state index is -0.469. The number of aromatic nitrogens is 1. The van der Waals surface area contributed by atoms with Crippen molar-refractivity contribution in [1.82, 2.24) is 15.2 Å². The molecule has 0 atom stereocenters. The Morgan fingerprint density at radius 2 is 1.74 bits per heavy atom. The van der Waals surface area contributed by atoms with Crippen LogP contribution in [0.25, 0.3) is 0 Å². The van der Waals surface area contributed by atoms with Crippen molar-refractivity contribution in [2.45, 2.75) is 90.7 Å². The summed E-state index contributed by atoms with van der Waals surface area (Å²) < 4.78 is 10.3. The van der Waals surface area contributed by atoms with Gasteiger partial charge in [0, 0.05) is 19.1 Å². The first-order chi connectivity index (χ1) is 16.1. The zero-order valence-electron chi connectivity index (χ0n) is 21.1. The highest BCUT2D eigenvalue weighted by atomic mass is 32.1. The topological polar surface area (TPSA) is 97.8 Å². The summed E-state index contributed by atoms with van der Waals surface area (Å²) in [6.45, 7) is 9.00. The van der Waals surface area contributed by atoms with E-state index in [0.29, 0.717) is 10.8 Å². The average Bonchev–Trinajstić information content (AvgIpc) is 3.17. The van der Waals surface area contributed by atoms with Gasteiger partial charge in [-0.15, -0.1) is 11.3 Å². The van der Waals surface area contributed by atoms with Crippen LogP contribution >= 0.6 is 11.3 Å². The number of piperidine rings is 1. The zero-order valence-corrected chi connectivity index (χ0v) is 22.0. The maximum atomic E-state index is 12.8. The first-order valence-electron chi connectivity index (χ1n) is 12.4. The monoisotopic (exact) mass is 493 g/mol. The SMILES string of the molecule is COC(=O)[C@H]1CC[C@H](NC(=O)c2sc(CCC3CCN(C(=O)OC(C)(C)C)CC3)nc2C)CC1. The molecule has 190 valence electrons. The number of aryl methyl sites for hydroxylation is 2. The van der Waals surface area contributed by atoms with E-state index in [1.807, 2.05) is 27.7 Å². The number of carbonyl (C=O) groups excluding carboxylic acids is 3. The van der Waals surface area contributed by atoms with Gasteiger partial charge in [-0.2, -0.15) is 0 Å². The highest BCUT2D eigenvalue weighted by molar-refractivity contribution is 7.13. The lowest BCUT2D eigenvalue weighted by Crippen LogP contribution is -2.41. The van der Waals surface area contributed by atoms with Crippen LogP contribution in [0.3, 0.4) is 0 Å². The molecule has 0 radical (unpaired) electrons. The number of nitrogens with one attached hydrogen (secondary N) is 1. The third-order valence-corrected chi connectivity index (χ3v) is 7.89. The molecule has 8 nitrogen and oxygen atoms in total. The van der Waals surface area contributed by atoms with Gasteiger partial charge in [0.2, 0.25) is 0 Å². The minimum absolute atomic E-state index is 0.0501. The minimum Gasteiger partial charge on any atom is -0.469 e. The molecule has 0 aromatic carbocycles. The summed E-state index contributed by atoms with van der Waals surface area (Å²) in [5.74, 6) is 0.285. The second kappa shape index (κ2) is 11.5. The fraction of sp³-hybridized carbons (Fsp3) is 0.760. The van der Waals surface area contributed by atoms with Crippen LogP contribution in [0.1, 0.15) is 86.1 Å². The van der Waals surface area contributed by atoms with Crippen molar-refractivity contribution in [2.24, 2.45) is 11.8 Å². The fourth-order valence-corrected chi connectivity index (χ4v) is 5.70. The molecule has 2 aliphatic rings. The van der Waals surface area contributed by atoms with Crippen molar-refractivity contribution in [3.8, 4) is 0 Å². The van der Waals surface area contributed by atoms with Crippen LogP contribution in [0.15, 0.2) is 0 Å². The van der Waals surface area contributed by atoms with Crippen LogP contribution in [0, 0.1) is 18.8 Å². The average molecular weight is 494 g/mol. The summed E-state index contributed by atoms with van der Waals surface area (Å²) in [5, 5.41) is 4.13. The van der Waals surface area contributed by atoms with Crippen molar-refractivity contribution in [3.63, 3.8) is 0 Å². The van der Waals surface area contributed by atoms with Gasteiger partial charge in [-0.05, 0) is 85.0 Å². The van der Waals surface area contributed by atoms with Crippen LogP contribution in [-0.4, -0.2) is 59.7 Å². The largest absolute Gasteiger partial charge is 0.469 e. The summed E-state index contributed by atoms with van der Waals surface area (Å²) in [6, 6.07) is 0.0912. The summed E-state index contributed by atoms with van der Waals surface area (Å²) in [5.41, 5.74) is 0.309. The second-order valence-electron chi connectivity index (χ2n) is 10.5. The van der Waals surface area contributed by atoms with E-state index in [2.05, 4.69) is 10.3 Å². The number of amides is 2. The van der Waals surface area contributed by atoms with E-state index in [1.54, 1.807) is 4.90 Å². The van der Waals surface area contributed by atoms with Crippen LogP contribution < -0.4 is 5.32 Å². The van der Waals surface area contributed by atoms with Gasteiger partial charge in [0.1, 0.15) is 10.5 Å². The molecule has 0 unspecified atom stereocenters. The molecular weight excluding hydrogens is 454 g/mol. The summed E-state index contributed by atoms with van der Waals surface area (Å²) in [6.07, 6.45) is 6.63. The molecule has 3 rings (SSSR count). The first-order valence-corrected chi connectivity index (χ1v) is 13.2. The predicted octanol–water partition coefficient (Wildman–Crippen LogP) is 4.49. The van der Waals surface area contributed by atoms with Gasteiger partial charge in [-0.3, -0.25) is 9.59 Å². The molecule has 1 aromatic rings. The Morgan fingerprint density at radius 3 is 2.32 bits per heavy atom. The lowest BCUT2D eigenvalue weighted by molar-refractivity contribution is -0.146. The van der Waals surface area contributed by atoms with Crippen LogP contribution in [0.2, 0.25) is 0 Å². The Balaban J connectivity index is 1.43. The van der Waals surface area contributed by atoms with E-state index in [0.717, 1.165) is 75.2 Å². The Kier molecular flexibility index (Phi) is 8.95. The smallest absolute Gasteiger partial charge is 0.410 e. The van der Waals surface area contributed by atoms with E-state index >= 15 is 0 Å². The number of hydrogen-bond donors (Lipinski definition) is 1. The Hall–Kier alpha value is -2.16. The molecular formula is C25H39N3O5S. The number of nitrogens with zero attached hydrogens (tertiary/aromatic N) is 2. The molecule has 2 heterocycles. The molecule has 2 fully saturated rings. The fourth-order valence-electron chi connectivity index (χ4n) is 4.72. The lowest BCUT2D eigenvalue weighted by atomic mass is 9.86. The Bertz CT molecular complexity index is 862. The highest BCUT2D eigenvalue weighted by Crippen LogP contribution is 2.28. The van der Waals surface area contributed by atoms with E-state index in [4.69, 9.17) is 9.47 Å². The third-order valence-electron chi connectivity index (χ3n) is 6.68. The maximum Gasteiger partial charge on any atom is 0.410 e. The zero-order chi connectivity index (χ0) is 24.9. The molecule has 1 aliphatic heterocycles. The van der Waals surface area contributed by atoms with E-state index in [-0.39, 0.29) is 29.9 Å². The quantitative estimate of drug-likeness (QED) is 0.586. The summed E-state index contributed by atoms with van der Waals surface area (Å²) >= 11 is 1.48. The number of ether oxygens (including phenoxy) is 2. The number of carbonyl (C=O) groups is 3. The van der Waals surface area contributed by atoms with Crippen LogP contribution in [0.4, 0.5) is 4.79 Å². The van der Waals surface area contributed by atoms with E-state index < -0.39 is 5.60 Å². The molecule has 0 bridgehead atoms. The summed E-state index contributed by atoms with van der Waals surface area (Å²) in [4.78, 5) is 43.9. The predicted molar refractivity (Wildman–Crippen MR) is 131 cm³/mol. The van der Waals surface area contributed by atoms with Crippen molar-refractivity contribution >= 4 is 29.3 Å². The van der Waals surface area contributed by atoms with Gasteiger partial charge < -0.3 is 19.7 Å². The second-order valence-corrected chi connectivity index (χ2v) is 11.6. The molecule has 1 N–H and O–H groups in total. The van der Waals surface area contributed by atoms with Gasteiger partial charge in [0.15, 0.2) is 0 Å². The molecule has 1 aromatic heterocycles. The number of likely N-dealkylation sites (tertiary alicyclic amines) is 1. The van der Waals surface area contributed by atoms with Crippen molar-refractivity contribution in [1.29, 1.82) is 0 Å². The van der Waals surface area contributed by atoms with Gasteiger partial charge in [0.25, 0.3) is 5.91 Å².